The van der Waals surface area contributed by atoms with Crippen molar-refractivity contribution in [3.05, 3.63) is 24.3 Å². The molecule has 26 heavy (non-hydrogen) atoms. The molecule has 0 N–H and O–H groups in total. The second-order valence-corrected chi connectivity index (χ2v) is 7.83. The van der Waals surface area contributed by atoms with E-state index in [9.17, 15) is 0 Å². The van der Waals surface area contributed by atoms with Crippen molar-refractivity contribution < 1.29 is 9.47 Å². The quantitative estimate of drug-likeness (QED) is 0.823. The molecular formula is C21H33N3O2. The summed E-state index contributed by atoms with van der Waals surface area (Å²) in [5, 5.41) is 0. The Morgan fingerprint density at radius 2 is 1.65 bits per heavy atom. The molecule has 5 nitrogen and oxygen atoms in total. The van der Waals surface area contributed by atoms with Crippen LogP contribution in [0, 0.1) is 0 Å². The number of piperidine rings is 1. The summed E-state index contributed by atoms with van der Waals surface area (Å²) in [6, 6.07) is 9.88. The third-order valence-corrected chi connectivity index (χ3v) is 6.39. The molecule has 5 heteroatoms. The van der Waals surface area contributed by atoms with Crippen molar-refractivity contribution in [1.82, 2.24) is 9.80 Å². The van der Waals surface area contributed by atoms with Gasteiger partial charge in [0.2, 0.25) is 0 Å². The molecule has 0 aliphatic carbocycles. The summed E-state index contributed by atoms with van der Waals surface area (Å²) < 4.78 is 11.1. The van der Waals surface area contributed by atoms with Crippen LogP contribution in [0.25, 0.3) is 0 Å². The summed E-state index contributed by atoms with van der Waals surface area (Å²) >= 11 is 0. The lowest BCUT2D eigenvalue weighted by atomic mass is 9.98. The number of piperazine rings is 1. The zero-order chi connectivity index (χ0) is 17.8. The van der Waals surface area contributed by atoms with Gasteiger partial charge in [0.15, 0.2) is 0 Å². The topological polar surface area (TPSA) is 28.2 Å². The van der Waals surface area contributed by atoms with Crippen molar-refractivity contribution in [2.24, 2.45) is 0 Å². The molecule has 3 aliphatic heterocycles. The first kappa shape index (κ1) is 18.1. The predicted molar refractivity (Wildman–Crippen MR) is 105 cm³/mol. The van der Waals surface area contributed by atoms with E-state index < -0.39 is 0 Å². The molecule has 1 unspecified atom stereocenters. The monoisotopic (exact) mass is 359 g/mol. The summed E-state index contributed by atoms with van der Waals surface area (Å²) in [6.45, 7) is 8.92. The van der Waals surface area contributed by atoms with Crippen LogP contribution in [0.15, 0.2) is 24.3 Å². The fraction of sp³-hybridized carbons (Fsp3) is 0.714. The Morgan fingerprint density at radius 3 is 2.42 bits per heavy atom. The van der Waals surface area contributed by atoms with E-state index in [0.717, 1.165) is 57.2 Å². The van der Waals surface area contributed by atoms with E-state index in [1.54, 1.807) is 7.11 Å². The minimum Gasteiger partial charge on any atom is -0.495 e. The fourth-order valence-corrected chi connectivity index (χ4v) is 4.88. The van der Waals surface area contributed by atoms with Crippen molar-refractivity contribution >= 4 is 5.69 Å². The van der Waals surface area contributed by atoms with Gasteiger partial charge in [0.05, 0.1) is 12.8 Å². The first-order valence-electron chi connectivity index (χ1n) is 10.3. The van der Waals surface area contributed by atoms with E-state index in [1.807, 2.05) is 6.07 Å². The van der Waals surface area contributed by atoms with Gasteiger partial charge in [0.25, 0.3) is 0 Å². The summed E-state index contributed by atoms with van der Waals surface area (Å²) in [5.41, 5.74) is 1.24. The van der Waals surface area contributed by atoms with Crippen LogP contribution in [0.1, 0.15) is 25.7 Å². The third-order valence-electron chi connectivity index (χ3n) is 6.39. The summed E-state index contributed by atoms with van der Waals surface area (Å²) in [5.74, 6) is 0.990. The van der Waals surface area contributed by atoms with E-state index in [1.165, 1.54) is 44.5 Å². The molecule has 0 amide bonds. The predicted octanol–water partition coefficient (Wildman–Crippen LogP) is 2.46. The molecular weight excluding hydrogens is 326 g/mol. The van der Waals surface area contributed by atoms with Crippen LogP contribution in [0.5, 0.6) is 5.75 Å². The lowest BCUT2D eigenvalue weighted by Crippen LogP contribution is -2.56. The number of benzene rings is 1. The smallest absolute Gasteiger partial charge is 0.142 e. The average Bonchev–Trinajstić information content (AvgIpc) is 2.74. The van der Waals surface area contributed by atoms with E-state index >= 15 is 0 Å². The van der Waals surface area contributed by atoms with Crippen LogP contribution in [-0.4, -0.2) is 81.5 Å². The molecule has 144 valence electrons. The molecule has 1 aromatic carbocycles. The molecule has 3 saturated heterocycles. The van der Waals surface area contributed by atoms with Gasteiger partial charge >= 0.3 is 0 Å². The average molecular weight is 360 g/mol. The maximum Gasteiger partial charge on any atom is 0.142 e. The van der Waals surface area contributed by atoms with E-state index in [4.69, 9.17) is 9.47 Å². The third kappa shape index (κ3) is 4.00. The number of rotatable bonds is 4. The number of likely N-dealkylation sites (tertiary alicyclic amines) is 1. The molecule has 3 heterocycles. The molecule has 0 spiro atoms. The number of nitrogens with zero attached hydrogens (tertiary/aromatic N) is 3. The van der Waals surface area contributed by atoms with Gasteiger partial charge in [0, 0.05) is 58.0 Å². The lowest BCUT2D eigenvalue weighted by Gasteiger charge is -2.46. The van der Waals surface area contributed by atoms with E-state index in [2.05, 4.69) is 32.9 Å². The molecule has 1 atom stereocenters. The zero-order valence-corrected chi connectivity index (χ0v) is 16.1. The lowest BCUT2D eigenvalue weighted by molar-refractivity contribution is 0.00599. The minimum absolute atomic E-state index is 0.728. The SMILES string of the molecule is COc1ccccc1N1CCN(C2CCCN(C3CCOCC3)C2)CC1. The number of hydrogen-bond acceptors (Lipinski definition) is 5. The van der Waals surface area contributed by atoms with Crippen molar-refractivity contribution in [2.75, 3.05) is 64.5 Å². The van der Waals surface area contributed by atoms with Crippen molar-refractivity contribution in [2.45, 2.75) is 37.8 Å². The first-order valence-corrected chi connectivity index (χ1v) is 10.3. The molecule has 3 aliphatic rings. The van der Waals surface area contributed by atoms with Gasteiger partial charge in [-0.3, -0.25) is 9.80 Å². The van der Waals surface area contributed by atoms with Crippen molar-refractivity contribution in [1.29, 1.82) is 0 Å². The van der Waals surface area contributed by atoms with Crippen molar-refractivity contribution in [3.8, 4) is 5.75 Å². The van der Waals surface area contributed by atoms with Crippen LogP contribution in [0.2, 0.25) is 0 Å². The summed E-state index contributed by atoms with van der Waals surface area (Å²) in [7, 11) is 1.77. The minimum atomic E-state index is 0.728. The molecule has 3 fully saturated rings. The van der Waals surface area contributed by atoms with Gasteiger partial charge in [-0.05, 0) is 44.4 Å². The van der Waals surface area contributed by atoms with Gasteiger partial charge < -0.3 is 14.4 Å². The summed E-state index contributed by atoms with van der Waals surface area (Å²) in [4.78, 5) is 7.97. The Balaban J connectivity index is 1.32. The Bertz CT molecular complexity index is 568. The van der Waals surface area contributed by atoms with Crippen LogP contribution < -0.4 is 9.64 Å². The van der Waals surface area contributed by atoms with Crippen LogP contribution >= 0.6 is 0 Å². The van der Waals surface area contributed by atoms with Crippen LogP contribution in [-0.2, 0) is 4.74 Å². The number of para-hydroxylation sites is 2. The van der Waals surface area contributed by atoms with E-state index in [-0.39, 0.29) is 0 Å². The van der Waals surface area contributed by atoms with Crippen LogP contribution in [0.4, 0.5) is 5.69 Å². The number of ether oxygens (including phenoxy) is 2. The maximum atomic E-state index is 5.55. The van der Waals surface area contributed by atoms with Gasteiger partial charge in [-0.1, -0.05) is 12.1 Å². The molecule has 1 aromatic rings. The zero-order valence-electron chi connectivity index (χ0n) is 16.1. The van der Waals surface area contributed by atoms with E-state index in [0.29, 0.717) is 0 Å². The highest BCUT2D eigenvalue weighted by Gasteiger charge is 2.31. The number of methoxy groups -OCH3 is 1. The Morgan fingerprint density at radius 1 is 0.885 bits per heavy atom. The molecule has 0 aromatic heterocycles. The second kappa shape index (κ2) is 8.59. The van der Waals surface area contributed by atoms with Gasteiger partial charge in [-0.15, -0.1) is 0 Å². The standard InChI is InChI=1S/C21H33N3O2/c1-25-21-7-3-2-6-20(21)23-13-11-22(12-14-23)19-5-4-10-24(17-19)18-8-15-26-16-9-18/h2-3,6-7,18-19H,4-5,8-17H2,1H3. The highest BCUT2D eigenvalue weighted by molar-refractivity contribution is 5.58. The van der Waals surface area contributed by atoms with Crippen LogP contribution in [0.3, 0.4) is 0 Å². The second-order valence-electron chi connectivity index (χ2n) is 7.83. The Kier molecular flexibility index (Phi) is 5.98. The highest BCUT2D eigenvalue weighted by atomic mass is 16.5. The fourth-order valence-electron chi connectivity index (χ4n) is 4.88. The van der Waals surface area contributed by atoms with Gasteiger partial charge in [-0.25, -0.2) is 0 Å². The normalized spacial score (nSPS) is 26.8. The van der Waals surface area contributed by atoms with Gasteiger partial charge in [-0.2, -0.15) is 0 Å². The molecule has 4 rings (SSSR count). The number of hydrogen-bond donors (Lipinski definition) is 0. The molecule has 0 saturated carbocycles. The largest absolute Gasteiger partial charge is 0.495 e. The molecule has 0 radical (unpaired) electrons. The summed E-state index contributed by atoms with van der Waals surface area (Å²) in [6.07, 6.45) is 5.13. The van der Waals surface area contributed by atoms with Gasteiger partial charge in [0.1, 0.15) is 5.75 Å². The highest BCUT2D eigenvalue weighted by Crippen LogP contribution is 2.29. The Hall–Kier alpha value is -1.30. The molecule has 0 bridgehead atoms. The first-order chi connectivity index (χ1) is 12.8. The van der Waals surface area contributed by atoms with Crippen molar-refractivity contribution in [3.63, 3.8) is 0 Å². The Labute approximate surface area is 157 Å². The number of anilines is 1. The maximum absolute atomic E-state index is 5.55.